The van der Waals surface area contributed by atoms with Crippen LogP contribution < -0.4 is 0 Å². The molecule has 1 unspecified atom stereocenters. The Morgan fingerprint density at radius 2 is 2.50 bits per heavy atom. The van der Waals surface area contributed by atoms with E-state index in [2.05, 4.69) is 17.0 Å². The summed E-state index contributed by atoms with van der Waals surface area (Å²) in [7, 11) is 0. The number of carbonyl (C=O) groups is 1. The van der Waals surface area contributed by atoms with Gasteiger partial charge in [0.2, 0.25) is 0 Å². The summed E-state index contributed by atoms with van der Waals surface area (Å²) in [4.78, 5) is 15.3. The Labute approximate surface area is 83.3 Å². The predicted octanol–water partition coefficient (Wildman–Crippen LogP) is 1.21. The van der Waals surface area contributed by atoms with Crippen LogP contribution >= 0.6 is 0 Å². The van der Waals surface area contributed by atoms with Crippen LogP contribution in [-0.2, 0) is 17.8 Å². The SMILES string of the molecule is CCn1ncnc1CC1CCC(=O)C1. The van der Waals surface area contributed by atoms with Gasteiger partial charge in [-0.3, -0.25) is 9.48 Å². The molecular formula is C10H15N3O. The summed E-state index contributed by atoms with van der Waals surface area (Å²) in [6.07, 6.45) is 5.01. The molecule has 1 aliphatic carbocycles. The first-order valence-corrected chi connectivity index (χ1v) is 5.18. The zero-order valence-corrected chi connectivity index (χ0v) is 8.44. The molecule has 0 aliphatic heterocycles. The van der Waals surface area contributed by atoms with Gasteiger partial charge in [-0.2, -0.15) is 5.10 Å². The summed E-state index contributed by atoms with van der Waals surface area (Å²) >= 11 is 0. The van der Waals surface area contributed by atoms with Crippen LogP contribution in [0.3, 0.4) is 0 Å². The first-order valence-electron chi connectivity index (χ1n) is 5.18. The van der Waals surface area contributed by atoms with Gasteiger partial charge in [0.15, 0.2) is 0 Å². The standard InChI is InChI=1S/C10H15N3O/c1-2-13-10(11-7-12-13)6-8-3-4-9(14)5-8/h7-8H,2-6H2,1H3. The van der Waals surface area contributed by atoms with Gasteiger partial charge in [0.1, 0.15) is 17.9 Å². The van der Waals surface area contributed by atoms with Gasteiger partial charge in [-0.25, -0.2) is 4.98 Å². The van der Waals surface area contributed by atoms with Crippen molar-refractivity contribution in [1.29, 1.82) is 0 Å². The van der Waals surface area contributed by atoms with Crippen LogP contribution in [0.1, 0.15) is 32.0 Å². The Morgan fingerprint density at radius 3 is 3.14 bits per heavy atom. The van der Waals surface area contributed by atoms with E-state index < -0.39 is 0 Å². The maximum absolute atomic E-state index is 11.1. The van der Waals surface area contributed by atoms with Crippen molar-refractivity contribution in [3.8, 4) is 0 Å². The van der Waals surface area contributed by atoms with E-state index in [9.17, 15) is 4.79 Å². The van der Waals surface area contributed by atoms with Gasteiger partial charge >= 0.3 is 0 Å². The zero-order valence-electron chi connectivity index (χ0n) is 8.44. The number of ketones is 1. The molecule has 4 heteroatoms. The number of nitrogens with zero attached hydrogens (tertiary/aromatic N) is 3. The van der Waals surface area contributed by atoms with Crippen LogP contribution in [0.15, 0.2) is 6.33 Å². The van der Waals surface area contributed by atoms with E-state index in [1.54, 1.807) is 6.33 Å². The monoisotopic (exact) mass is 193 g/mol. The largest absolute Gasteiger partial charge is 0.300 e. The highest BCUT2D eigenvalue weighted by Gasteiger charge is 2.23. The van der Waals surface area contributed by atoms with E-state index in [0.717, 1.165) is 38.1 Å². The van der Waals surface area contributed by atoms with E-state index in [1.807, 2.05) is 4.68 Å². The normalized spacial score (nSPS) is 21.8. The number of hydrogen-bond donors (Lipinski definition) is 0. The lowest BCUT2D eigenvalue weighted by molar-refractivity contribution is -0.117. The molecule has 0 radical (unpaired) electrons. The quantitative estimate of drug-likeness (QED) is 0.725. The third kappa shape index (κ3) is 1.84. The van der Waals surface area contributed by atoms with E-state index in [-0.39, 0.29) is 0 Å². The summed E-state index contributed by atoms with van der Waals surface area (Å²) in [5, 5.41) is 4.12. The average molecular weight is 193 g/mol. The highest BCUT2D eigenvalue weighted by molar-refractivity contribution is 5.80. The molecule has 0 spiro atoms. The zero-order chi connectivity index (χ0) is 9.97. The van der Waals surface area contributed by atoms with Crippen molar-refractivity contribution < 1.29 is 4.79 Å². The Morgan fingerprint density at radius 1 is 1.64 bits per heavy atom. The van der Waals surface area contributed by atoms with Crippen molar-refractivity contribution in [2.45, 2.75) is 39.2 Å². The first-order chi connectivity index (χ1) is 6.79. The Kier molecular flexibility index (Phi) is 2.61. The number of carbonyl (C=O) groups excluding carboxylic acids is 1. The number of Topliss-reactive ketones (excluding diaryl/α,β-unsaturated/α-hetero) is 1. The molecule has 1 aromatic rings. The molecule has 1 aliphatic rings. The van der Waals surface area contributed by atoms with Gasteiger partial charge in [-0.15, -0.1) is 0 Å². The molecule has 1 aromatic heterocycles. The molecule has 0 amide bonds. The second kappa shape index (κ2) is 3.90. The minimum absolute atomic E-state index is 0.401. The summed E-state index contributed by atoms with van der Waals surface area (Å²) in [6, 6.07) is 0. The second-order valence-corrected chi connectivity index (χ2v) is 3.84. The lowest BCUT2D eigenvalue weighted by atomic mass is 10.0. The Balaban J connectivity index is 2.00. The van der Waals surface area contributed by atoms with Gasteiger partial charge in [-0.1, -0.05) is 0 Å². The summed E-state index contributed by atoms with van der Waals surface area (Å²) in [5.74, 6) is 1.92. The number of aromatic nitrogens is 3. The molecule has 1 saturated carbocycles. The van der Waals surface area contributed by atoms with Crippen LogP contribution in [0.4, 0.5) is 0 Å². The lowest BCUT2D eigenvalue weighted by Crippen LogP contribution is -2.09. The maximum Gasteiger partial charge on any atom is 0.138 e. The van der Waals surface area contributed by atoms with Gasteiger partial charge in [0.05, 0.1) is 0 Å². The topological polar surface area (TPSA) is 47.8 Å². The van der Waals surface area contributed by atoms with E-state index in [4.69, 9.17) is 0 Å². The van der Waals surface area contributed by atoms with Crippen LogP contribution in [0, 0.1) is 5.92 Å². The molecule has 0 bridgehead atoms. The second-order valence-electron chi connectivity index (χ2n) is 3.84. The van der Waals surface area contributed by atoms with Crippen molar-refractivity contribution in [3.63, 3.8) is 0 Å². The lowest BCUT2D eigenvalue weighted by Gasteiger charge is -2.07. The minimum atomic E-state index is 0.401. The van der Waals surface area contributed by atoms with Crippen LogP contribution in [0.5, 0.6) is 0 Å². The number of hydrogen-bond acceptors (Lipinski definition) is 3. The fourth-order valence-electron chi connectivity index (χ4n) is 2.03. The van der Waals surface area contributed by atoms with E-state index in [0.29, 0.717) is 11.7 Å². The molecule has 0 aromatic carbocycles. The molecule has 4 nitrogen and oxygen atoms in total. The van der Waals surface area contributed by atoms with Gasteiger partial charge in [0.25, 0.3) is 0 Å². The van der Waals surface area contributed by atoms with Crippen molar-refractivity contribution in [2.75, 3.05) is 0 Å². The van der Waals surface area contributed by atoms with Crippen molar-refractivity contribution in [2.24, 2.45) is 5.92 Å². The van der Waals surface area contributed by atoms with Crippen LogP contribution in [-0.4, -0.2) is 20.5 Å². The van der Waals surface area contributed by atoms with Crippen LogP contribution in [0.2, 0.25) is 0 Å². The molecule has 76 valence electrons. The Hall–Kier alpha value is -1.19. The molecule has 0 N–H and O–H groups in total. The first kappa shape index (κ1) is 9.37. The van der Waals surface area contributed by atoms with Gasteiger partial charge in [-0.05, 0) is 19.3 Å². The average Bonchev–Trinajstić information content (AvgIpc) is 2.76. The summed E-state index contributed by atoms with van der Waals surface area (Å²) in [6.45, 7) is 2.91. The highest BCUT2D eigenvalue weighted by Crippen LogP contribution is 2.24. The third-order valence-electron chi connectivity index (χ3n) is 2.81. The Bertz CT molecular complexity index is 332. The third-order valence-corrected chi connectivity index (χ3v) is 2.81. The molecule has 1 heterocycles. The smallest absolute Gasteiger partial charge is 0.138 e. The van der Waals surface area contributed by atoms with E-state index >= 15 is 0 Å². The molecule has 14 heavy (non-hydrogen) atoms. The fourth-order valence-corrected chi connectivity index (χ4v) is 2.03. The van der Waals surface area contributed by atoms with Crippen molar-refractivity contribution in [3.05, 3.63) is 12.2 Å². The molecular weight excluding hydrogens is 178 g/mol. The minimum Gasteiger partial charge on any atom is -0.300 e. The van der Waals surface area contributed by atoms with Gasteiger partial charge < -0.3 is 0 Å². The van der Waals surface area contributed by atoms with Crippen molar-refractivity contribution in [1.82, 2.24) is 14.8 Å². The highest BCUT2D eigenvalue weighted by atomic mass is 16.1. The summed E-state index contributed by atoms with van der Waals surface area (Å²) < 4.78 is 1.91. The summed E-state index contributed by atoms with van der Waals surface area (Å²) in [5.41, 5.74) is 0. The molecule has 2 rings (SSSR count). The number of rotatable bonds is 3. The molecule has 1 fully saturated rings. The fraction of sp³-hybridized carbons (Fsp3) is 0.700. The predicted molar refractivity (Wildman–Crippen MR) is 51.7 cm³/mol. The van der Waals surface area contributed by atoms with Crippen molar-refractivity contribution >= 4 is 5.78 Å². The maximum atomic E-state index is 11.1. The van der Waals surface area contributed by atoms with E-state index in [1.165, 1.54) is 0 Å². The van der Waals surface area contributed by atoms with Gasteiger partial charge in [0, 0.05) is 25.8 Å². The molecule has 1 atom stereocenters. The van der Waals surface area contributed by atoms with Crippen LogP contribution in [0.25, 0.3) is 0 Å². The number of aryl methyl sites for hydroxylation is 1. The molecule has 0 saturated heterocycles.